The Labute approximate surface area is 124 Å². The van der Waals surface area contributed by atoms with Gasteiger partial charge in [-0.25, -0.2) is 4.98 Å². The molecule has 0 aliphatic rings. The minimum atomic E-state index is -0.188. The van der Waals surface area contributed by atoms with Gasteiger partial charge < -0.3 is 0 Å². The lowest BCUT2D eigenvalue weighted by Gasteiger charge is -2.11. The Morgan fingerprint density at radius 2 is 2.00 bits per heavy atom. The van der Waals surface area contributed by atoms with Gasteiger partial charge in [-0.3, -0.25) is 9.36 Å². The summed E-state index contributed by atoms with van der Waals surface area (Å²) in [4.78, 5) is 20.4. The van der Waals surface area contributed by atoms with Crippen LogP contribution in [0.2, 0.25) is 10.3 Å². The molecular weight excluding hydrogens is 297 g/mol. The molecule has 0 spiro atoms. The first-order valence-corrected chi connectivity index (χ1v) is 6.63. The quantitative estimate of drug-likeness (QED) is 0.647. The van der Waals surface area contributed by atoms with E-state index in [1.54, 1.807) is 36.5 Å². The molecule has 0 amide bonds. The number of benzene rings is 1. The highest BCUT2D eigenvalue weighted by molar-refractivity contribution is 6.30. The Morgan fingerprint density at radius 1 is 1.20 bits per heavy atom. The van der Waals surface area contributed by atoms with E-state index in [-0.39, 0.29) is 10.8 Å². The van der Waals surface area contributed by atoms with Gasteiger partial charge >= 0.3 is 0 Å². The number of fused-ring (bicyclic) bond motifs is 1. The lowest BCUT2D eigenvalue weighted by molar-refractivity contribution is 0.997. The summed E-state index contributed by atoms with van der Waals surface area (Å²) >= 11 is 11.8. The van der Waals surface area contributed by atoms with Crippen LogP contribution in [0.25, 0.3) is 16.7 Å². The Morgan fingerprint density at radius 3 is 2.75 bits per heavy atom. The molecule has 0 fully saturated rings. The second-order valence-corrected chi connectivity index (χ2v) is 5.13. The van der Waals surface area contributed by atoms with Crippen molar-refractivity contribution in [3.05, 3.63) is 62.8 Å². The molecule has 2 aromatic heterocycles. The van der Waals surface area contributed by atoms with Crippen molar-refractivity contribution in [3.8, 4) is 5.69 Å². The Bertz CT molecular complexity index is 874. The normalized spacial score (nSPS) is 10.9. The molecule has 1 aromatic carbocycles. The average molecular weight is 306 g/mol. The summed E-state index contributed by atoms with van der Waals surface area (Å²) in [5, 5.41) is 1.41. The fourth-order valence-electron chi connectivity index (χ4n) is 2.10. The molecule has 0 saturated heterocycles. The average Bonchev–Trinajstić information content (AvgIpc) is 2.38. The maximum Gasteiger partial charge on any atom is 0.257 e. The molecule has 100 valence electrons. The number of hydrogen-bond acceptors (Lipinski definition) is 3. The Balaban J connectivity index is 2.46. The van der Waals surface area contributed by atoms with Crippen LogP contribution in [0.4, 0.5) is 0 Å². The lowest BCUT2D eigenvalue weighted by Crippen LogP contribution is -2.19. The number of halogens is 2. The standard InChI is InChI=1S/C14H9Cl2N3O/c1-8-5-12(20)19(10-4-2-3-9(15)6-10)13-11(8)7-17-14(16)18-13/h2-7H,1H3. The maximum absolute atomic E-state index is 12.3. The second kappa shape index (κ2) is 4.89. The predicted octanol–water partition coefficient (Wildman–Crippen LogP) is 3.40. The lowest BCUT2D eigenvalue weighted by atomic mass is 10.2. The van der Waals surface area contributed by atoms with Gasteiger partial charge in [-0.2, -0.15) is 4.98 Å². The van der Waals surface area contributed by atoms with Gasteiger partial charge in [-0.15, -0.1) is 0 Å². The molecule has 0 bridgehead atoms. The van der Waals surface area contributed by atoms with Crippen LogP contribution in [0.15, 0.2) is 41.3 Å². The molecule has 3 rings (SSSR count). The molecule has 0 aliphatic heterocycles. The molecule has 0 N–H and O–H groups in total. The third-order valence-electron chi connectivity index (χ3n) is 3.00. The van der Waals surface area contributed by atoms with Crippen LogP contribution in [0.3, 0.4) is 0 Å². The summed E-state index contributed by atoms with van der Waals surface area (Å²) in [6, 6.07) is 8.55. The summed E-state index contributed by atoms with van der Waals surface area (Å²) in [6.45, 7) is 1.84. The van der Waals surface area contributed by atoms with E-state index in [1.165, 1.54) is 4.57 Å². The number of pyridine rings is 1. The molecule has 2 heterocycles. The second-order valence-electron chi connectivity index (χ2n) is 4.36. The van der Waals surface area contributed by atoms with Gasteiger partial charge in [0.1, 0.15) is 0 Å². The van der Waals surface area contributed by atoms with Crippen LogP contribution in [0, 0.1) is 6.92 Å². The number of hydrogen-bond donors (Lipinski definition) is 0. The molecule has 0 unspecified atom stereocenters. The molecule has 0 aliphatic carbocycles. The van der Waals surface area contributed by atoms with Crippen molar-refractivity contribution in [1.82, 2.24) is 14.5 Å². The van der Waals surface area contributed by atoms with E-state index in [0.29, 0.717) is 16.4 Å². The fraction of sp³-hybridized carbons (Fsp3) is 0.0714. The molecule has 3 aromatic rings. The zero-order valence-electron chi connectivity index (χ0n) is 10.5. The van der Waals surface area contributed by atoms with Gasteiger partial charge in [-0.05, 0) is 42.3 Å². The fourth-order valence-corrected chi connectivity index (χ4v) is 2.41. The van der Waals surface area contributed by atoms with Crippen LogP contribution < -0.4 is 5.56 Å². The number of rotatable bonds is 1. The predicted molar refractivity (Wildman–Crippen MR) is 79.9 cm³/mol. The topological polar surface area (TPSA) is 47.8 Å². The minimum absolute atomic E-state index is 0.0956. The van der Waals surface area contributed by atoms with Crippen molar-refractivity contribution in [2.45, 2.75) is 6.92 Å². The number of nitrogens with zero attached hydrogens (tertiary/aromatic N) is 3. The summed E-state index contributed by atoms with van der Waals surface area (Å²) in [7, 11) is 0. The largest absolute Gasteiger partial charge is 0.269 e. The minimum Gasteiger partial charge on any atom is -0.269 e. The number of aromatic nitrogens is 3. The first kappa shape index (κ1) is 13.1. The first-order valence-electron chi connectivity index (χ1n) is 5.87. The van der Waals surface area contributed by atoms with E-state index in [4.69, 9.17) is 23.2 Å². The maximum atomic E-state index is 12.3. The van der Waals surface area contributed by atoms with Gasteiger partial charge in [0, 0.05) is 22.7 Å². The molecule has 0 atom stereocenters. The van der Waals surface area contributed by atoms with Gasteiger partial charge in [0.05, 0.1) is 5.69 Å². The van der Waals surface area contributed by atoms with Crippen molar-refractivity contribution in [2.24, 2.45) is 0 Å². The highest BCUT2D eigenvalue weighted by Crippen LogP contribution is 2.20. The van der Waals surface area contributed by atoms with Gasteiger partial charge in [0.2, 0.25) is 5.28 Å². The molecule has 4 nitrogen and oxygen atoms in total. The van der Waals surface area contributed by atoms with Crippen molar-refractivity contribution < 1.29 is 0 Å². The molecule has 0 radical (unpaired) electrons. The van der Waals surface area contributed by atoms with E-state index in [1.807, 2.05) is 6.92 Å². The van der Waals surface area contributed by atoms with Crippen molar-refractivity contribution in [1.29, 1.82) is 0 Å². The highest BCUT2D eigenvalue weighted by Gasteiger charge is 2.11. The van der Waals surface area contributed by atoms with E-state index in [0.717, 1.165) is 10.9 Å². The summed E-state index contributed by atoms with van der Waals surface area (Å²) in [6.07, 6.45) is 1.61. The molecule has 20 heavy (non-hydrogen) atoms. The molecule has 0 saturated carbocycles. The zero-order valence-corrected chi connectivity index (χ0v) is 12.0. The van der Waals surface area contributed by atoms with Crippen molar-refractivity contribution >= 4 is 34.2 Å². The molecule has 6 heteroatoms. The van der Waals surface area contributed by atoms with Gasteiger partial charge in [-0.1, -0.05) is 17.7 Å². The number of aryl methyl sites for hydroxylation is 1. The summed E-state index contributed by atoms with van der Waals surface area (Å²) in [5.41, 5.74) is 1.73. The van der Waals surface area contributed by atoms with Gasteiger partial charge in [0.25, 0.3) is 5.56 Å². The first-order chi connectivity index (χ1) is 9.56. The van der Waals surface area contributed by atoms with Crippen molar-refractivity contribution in [2.75, 3.05) is 0 Å². The smallest absolute Gasteiger partial charge is 0.257 e. The summed E-state index contributed by atoms with van der Waals surface area (Å²) in [5.74, 6) is 0. The molecular formula is C14H9Cl2N3O. The van der Waals surface area contributed by atoms with Crippen LogP contribution in [-0.2, 0) is 0 Å². The van der Waals surface area contributed by atoms with Crippen LogP contribution in [0.5, 0.6) is 0 Å². The van der Waals surface area contributed by atoms with Crippen LogP contribution in [-0.4, -0.2) is 14.5 Å². The van der Waals surface area contributed by atoms with Crippen LogP contribution >= 0.6 is 23.2 Å². The zero-order chi connectivity index (χ0) is 14.3. The van der Waals surface area contributed by atoms with E-state index < -0.39 is 0 Å². The SMILES string of the molecule is Cc1cc(=O)n(-c2cccc(Cl)c2)c2nc(Cl)ncc12. The summed E-state index contributed by atoms with van der Waals surface area (Å²) < 4.78 is 1.47. The van der Waals surface area contributed by atoms with Crippen molar-refractivity contribution in [3.63, 3.8) is 0 Å². The third kappa shape index (κ3) is 2.17. The van der Waals surface area contributed by atoms with E-state index in [9.17, 15) is 4.79 Å². The van der Waals surface area contributed by atoms with Crippen LogP contribution in [0.1, 0.15) is 5.56 Å². The highest BCUT2D eigenvalue weighted by atomic mass is 35.5. The Kier molecular flexibility index (Phi) is 3.20. The Hall–Kier alpha value is -1.91. The third-order valence-corrected chi connectivity index (χ3v) is 3.42. The van der Waals surface area contributed by atoms with Gasteiger partial charge in [0.15, 0.2) is 5.65 Å². The van der Waals surface area contributed by atoms with E-state index >= 15 is 0 Å². The monoisotopic (exact) mass is 305 g/mol. The van der Waals surface area contributed by atoms with E-state index in [2.05, 4.69) is 9.97 Å².